The summed E-state index contributed by atoms with van der Waals surface area (Å²) in [7, 11) is 1.39. The second kappa shape index (κ2) is 7.21. The molecule has 2 aliphatic heterocycles. The lowest BCUT2D eigenvalue weighted by Crippen LogP contribution is -2.55. The predicted molar refractivity (Wildman–Crippen MR) is 90.6 cm³/mol. The van der Waals surface area contributed by atoms with Crippen molar-refractivity contribution in [1.29, 1.82) is 0 Å². The predicted octanol–water partition coefficient (Wildman–Crippen LogP) is 1.34. The molecule has 6 nitrogen and oxygen atoms in total. The lowest BCUT2D eigenvalue weighted by Gasteiger charge is -2.39. The molecule has 1 atom stereocenters. The van der Waals surface area contributed by atoms with E-state index >= 15 is 0 Å². The van der Waals surface area contributed by atoms with E-state index in [1.54, 1.807) is 4.90 Å². The van der Waals surface area contributed by atoms with Crippen molar-refractivity contribution in [1.82, 2.24) is 14.7 Å². The molecule has 6 heteroatoms. The lowest BCUT2D eigenvalue weighted by atomic mass is 9.98. The number of rotatable bonds is 2. The molecule has 0 N–H and O–H groups in total. The van der Waals surface area contributed by atoms with Crippen LogP contribution in [0.1, 0.15) is 18.1 Å². The van der Waals surface area contributed by atoms with Crippen molar-refractivity contribution in [2.45, 2.75) is 25.9 Å². The zero-order valence-corrected chi connectivity index (χ0v) is 14.4. The third-order valence-electron chi connectivity index (χ3n) is 5.09. The number of methoxy groups -OCH3 is 1. The van der Waals surface area contributed by atoms with Gasteiger partial charge in [0, 0.05) is 39.3 Å². The minimum atomic E-state index is -0.317. The number of amides is 2. The van der Waals surface area contributed by atoms with Crippen LogP contribution in [0.3, 0.4) is 0 Å². The topological polar surface area (TPSA) is 53.1 Å². The molecule has 0 spiro atoms. The maximum atomic E-state index is 12.8. The lowest BCUT2D eigenvalue weighted by molar-refractivity contribution is -0.138. The van der Waals surface area contributed by atoms with Gasteiger partial charge in [-0.05, 0) is 24.5 Å². The molecule has 24 heavy (non-hydrogen) atoms. The van der Waals surface area contributed by atoms with E-state index in [9.17, 15) is 9.59 Å². The molecular formula is C18H25N3O3. The molecule has 1 fully saturated rings. The largest absolute Gasteiger partial charge is 0.453 e. The zero-order chi connectivity index (χ0) is 17.1. The molecule has 1 saturated heterocycles. The van der Waals surface area contributed by atoms with Crippen molar-refractivity contribution in [3.05, 3.63) is 35.4 Å². The van der Waals surface area contributed by atoms with Gasteiger partial charge in [0.2, 0.25) is 5.91 Å². The Bertz CT molecular complexity index is 611. The van der Waals surface area contributed by atoms with Gasteiger partial charge in [0.1, 0.15) is 0 Å². The SMILES string of the molecule is COC(=O)N1CCN(C(=O)C(C)N2CCc3ccccc3C2)CC1. The van der Waals surface area contributed by atoms with Crippen molar-refractivity contribution in [3.63, 3.8) is 0 Å². The van der Waals surface area contributed by atoms with E-state index in [1.807, 2.05) is 11.8 Å². The first-order valence-electron chi connectivity index (χ1n) is 8.52. The summed E-state index contributed by atoms with van der Waals surface area (Å²) in [5.41, 5.74) is 2.71. The van der Waals surface area contributed by atoms with E-state index in [1.165, 1.54) is 18.2 Å². The van der Waals surface area contributed by atoms with E-state index in [-0.39, 0.29) is 18.0 Å². The number of benzene rings is 1. The molecule has 2 amide bonds. The molecule has 2 aliphatic rings. The second-order valence-electron chi connectivity index (χ2n) is 6.45. The van der Waals surface area contributed by atoms with Crippen LogP contribution in [-0.2, 0) is 22.5 Å². The number of piperazine rings is 1. The van der Waals surface area contributed by atoms with Gasteiger partial charge < -0.3 is 14.5 Å². The highest BCUT2D eigenvalue weighted by atomic mass is 16.5. The molecule has 130 valence electrons. The number of fused-ring (bicyclic) bond motifs is 1. The highest BCUT2D eigenvalue weighted by Gasteiger charge is 2.31. The van der Waals surface area contributed by atoms with E-state index < -0.39 is 0 Å². The van der Waals surface area contributed by atoms with Crippen molar-refractivity contribution in [2.75, 3.05) is 39.8 Å². The fraction of sp³-hybridized carbons (Fsp3) is 0.556. The Balaban J connectivity index is 1.57. The third kappa shape index (κ3) is 3.38. The van der Waals surface area contributed by atoms with Gasteiger partial charge >= 0.3 is 6.09 Å². The van der Waals surface area contributed by atoms with Crippen molar-refractivity contribution in [2.24, 2.45) is 0 Å². The molecule has 1 unspecified atom stereocenters. The number of ether oxygens (including phenoxy) is 1. The normalized spacial score (nSPS) is 19.6. The number of carbonyl (C=O) groups excluding carboxylic acids is 2. The molecular weight excluding hydrogens is 306 g/mol. The van der Waals surface area contributed by atoms with Gasteiger partial charge in [0.25, 0.3) is 0 Å². The molecule has 0 radical (unpaired) electrons. The number of hydrogen-bond donors (Lipinski definition) is 0. The average molecular weight is 331 g/mol. The molecule has 0 saturated carbocycles. The quantitative estimate of drug-likeness (QED) is 0.821. The fourth-order valence-corrected chi connectivity index (χ4v) is 3.51. The first-order valence-corrected chi connectivity index (χ1v) is 8.52. The van der Waals surface area contributed by atoms with Gasteiger partial charge in [-0.1, -0.05) is 24.3 Å². The van der Waals surface area contributed by atoms with Gasteiger partial charge in [-0.15, -0.1) is 0 Å². The number of carbonyl (C=O) groups is 2. The number of nitrogens with zero attached hydrogens (tertiary/aromatic N) is 3. The standard InChI is InChI=1S/C18H25N3O3/c1-14(21-8-7-15-5-3-4-6-16(15)13-21)17(22)19-9-11-20(12-10-19)18(23)24-2/h3-6,14H,7-13H2,1-2H3. The molecule has 1 aromatic carbocycles. The fourth-order valence-electron chi connectivity index (χ4n) is 3.51. The van der Waals surface area contributed by atoms with E-state index in [0.717, 1.165) is 19.5 Å². The molecule has 0 bridgehead atoms. The van der Waals surface area contributed by atoms with Crippen LogP contribution in [0.15, 0.2) is 24.3 Å². The van der Waals surface area contributed by atoms with Crippen LogP contribution >= 0.6 is 0 Å². The van der Waals surface area contributed by atoms with E-state index in [2.05, 4.69) is 29.2 Å². The molecule has 3 rings (SSSR count). The summed E-state index contributed by atoms with van der Waals surface area (Å²) < 4.78 is 4.74. The van der Waals surface area contributed by atoms with E-state index in [0.29, 0.717) is 26.2 Å². The summed E-state index contributed by atoms with van der Waals surface area (Å²) in [6.45, 7) is 5.94. The maximum Gasteiger partial charge on any atom is 0.409 e. The van der Waals surface area contributed by atoms with Gasteiger partial charge in [-0.3, -0.25) is 9.69 Å². The summed E-state index contributed by atoms with van der Waals surface area (Å²) in [6, 6.07) is 8.31. The minimum Gasteiger partial charge on any atom is -0.453 e. The van der Waals surface area contributed by atoms with Crippen LogP contribution in [-0.4, -0.2) is 72.6 Å². The Labute approximate surface area is 143 Å². The van der Waals surface area contributed by atoms with Gasteiger partial charge in [0.05, 0.1) is 13.2 Å². The minimum absolute atomic E-state index is 0.136. The maximum absolute atomic E-state index is 12.8. The second-order valence-corrected chi connectivity index (χ2v) is 6.45. The van der Waals surface area contributed by atoms with Gasteiger partial charge in [0.15, 0.2) is 0 Å². The summed E-state index contributed by atoms with van der Waals surface area (Å²) in [5, 5.41) is 0. The zero-order valence-electron chi connectivity index (χ0n) is 14.4. The monoisotopic (exact) mass is 331 g/mol. The molecule has 2 heterocycles. The Kier molecular flexibility index (Phi) is 5.04. The summed E-state index contributed by atoms with van der Waals surface area (Å²) in [6.07, 6.45) is 0.673. The molecule has 1 aromatic rings. The molecule has 0 aliphatic carbocycles. The van der Waals surface area contributed by atoms with Crippen LogP contribution in [0, 0.1) is 0 Å². The van der Waals surface area contributed by atoms with E-state index in [4.69, 9.17) is 4.74 Å². The highest BCUT2D eigenvalue weighted by molar-refractivity contribution is 5.82. The van der Waals surface area contributed by atoms with Crippen molar-refractivity contribution in [3.8, 4) is 0 Å². The third-order valence-corrected chi connectivity index (χ3v) is 5.09. The first kappa shape index (κ1) is 16.8. The first-order chi connectivity index (χ1) is 11.6. The highest BCUT2D eigenvalue weighted by Crippen LogP contribution is 2.21. The van der Waals surface area contributed by atoms with Crippen LogP contribution in [0.25, 0.3) is 0 Å². The van der Waals surface area contributed by atoms with Crippen LogP contribution < -0.4 is 0 Å². The van der Waals surface area contributed by atoms with Gasteiger partial charge in [-0.25, -0.2) is 4.79 Å². The summed E-state index contributed by atoms with van der Waals surface area (Å²) in [4.78, 5) is 30.1. The molecule has 0 aromatic heterocycles. The summed E-state index contributed by atoms with van der Waals surface area (Å²) in [5.74, 6) is 0.152. The Morgan fingerprint density at radius 3 is 2.29 bits per heavy atom. The Morgan fingerprint density at radius 1 is 1.00 bits per heavy atom. The van der Waals surface area contributed by atoms with Gasteiger partial charge in [-0.2, -0.15) is 0 Å². The van der Waals surface area contributed by atoms with Crippen molar-refractivity contribution < 1.29 is 14.3 Å². The van der Waals surface area contributed by atoms with Crippen molar-refractivity contribution >= 4 is 12.0 Å². The Hall–Kier alpha value is -2.08. The Morgan fingerprint density at radius 2 is 1.62 bits per heavy atom. The van der Waals surface area contributed by atoms with Crippen LogP contribution in [0.5, 0.6) is 0 Å². The average Bonchev–Trinajstić information content (AvgIpc) is 2.66. The van der Waals surface area contributed by atoms with Crippen LogP contribution in [0.4, 0.5) is 4.79 Å². The summed E-state index contributed by atoms with van der Waals surface area (Å²) >= 11 is 0. The number of hydrogen-bond acceptors (Lipinski definition) is 4. The van der Waals surface area contributed by atoms with Crippen LogP contribution in [0.2, 0.25) is 0 Å². The smallest absolute Gasteiger partial charge is 0.409 e.